The smallest absolute Gasteiger partial charge is 0.482 e. The highest BCUT2D eigenvalue weighted by Crippen LogP contribution is 2.53. The number of piperidine rings is 4. The molecule has 0 radical (unpaired) electrons. The lowest BCUT2D eigenvalue weighted by molar-refractivity contribution is -0.275. The fourth-order valence-electron chi connectivity index (χ4n) is 18.5. The summed E-state index contributed by atoms with van der Waals surface area (Å²) in [7, 11) is 3.85. The Morgan fingerprint density at radius 3 is 1.45 bits per heavy atom. The van der Waals surface area contributed by atoms with Crippen LogP contribution in [-0.4, -0.2) is 147 Å². The van der Waals surface area contributed by atoms with Crippen molar-refractivity contribution in [1.29, 1.82) is 5.26 Å². The maximum atomic E-state index is 13.3. The summed E-state index contributed by atoms with van der Waals surface area (Å²) in [5.74, 6) is 1.29. The van der Waals surface area contributed by atoms with E-state index in [0.717, 1.165) is 108 Å². The van der Waals surface area contributed by atoms with Gasteiger partial charge in [0.15, 0.2) is 16.9 Å². The Morgan fingerprint density at radius 1 is 0.480 bits per heavy atom. The molecule has 21 rings (SSSR count). The Morgan fingerprint density at radius 2 is 0.944 bits per heavy atom. The number of H-pyrrole nitrogens is 1. The Hall–Kier alpha value is -13.5. The number of nitrogens with zero attached hydrogens (tertiary/aromatic N) is 12. The van der Waals surface area contributed by atoms with Gasteiger partial charge in [-0.15, -0.1) is 26.3 Å². The second-order valence-electron chi connectivity index (χ2n) is 32.2. The second kappa shape index (κ2) is 32.3. The fraction of sp³-hybridized carbons (Fsp3) is 0.277. The molecule has 4 spiro atoms. The van der Waals surface area contributed by atoms with Crippen molar-refractivity contribution >= 4 is 57.7 Å². The van der Waals surface area contributed by atoms with Crippen LogP contribution in [0.1, 0.15) is 134 Å². The summed E-state index contributed by atoms with van der Waals surface area (Å²) in [6.07, 6.45) is 2.94. The largest absolute Gasteiger partial charge is 0.573 e. The van der Waals surface area contributed by atoms with Crippen molar-refractivity contribution in [2.24, 2.45) is 14.1 Å². The zero-order valence-electron chi connectivity index (χ0n) is 68.1. The van der Waals surface area contributed by atoms with E-state index < -0.39 is 52.5 Å². The number of carbonyl (C=O) groups excluding carboxylic acids is 4. The molecule has 0 bridgehead atoms. The number of nitrogens with one attached hydrogen (secondary N) is 1. The molecule has 640 valence electrons. The van der Waals surface area contributed by atoms with Crippen molar-refractivity contribution in [1.82, 2.24) is 58.5 Å². The number of hydrogen-bond donors (Lipinski definition) is 1. The number of rotatable bonds is 6. The fourth-order valence-corrected chi connectivity index (χ4v) is 18.9. The molecule has 23 nitrogen and oxygen atoms in total. The van der Waals surface area contributed by atoms with Crippen molar-refractivity contribution < 1.29 is 75.4 Å². The molecule has 31 heteroatoms. The van der Waals surface area contributed by atoms with Crippen LogP contribution in [0.2, 0.25) is 10.0 Å². The van der Waals surface area contributed by atoms with Gasteiger partial charge >= 0.3 is 12.7 Å². The van der Waals surface area contributed by atoms with Crippen LogP contribution in [0, 0.1) is 25.2 Å². The van der Waals surface area contributed by atoms with Gasteiger partial charge in [-0.05, 0) is 153 Å². The zero-order chi connectivity index (χ0) is 87.1. The van der Waals surface area contributed by atoms with E-state index in [-0.39, 0.29) is 30.3 Å². The average Bonchev–Trinajstić information content (AvgIpc) is 1.55. The van der Waals surface area contributed by atoms with Crippen molar-refractivity contribution in [3.05, 3.63) is 291 Å². The first-order valence-corrected chi connectivity index (χ1v) is 41.6. The van der Waals surface area contributed by atoms with Crippen molar-refractivity contribution in [2.75, 3.05) is 52.4 Å². The van der Waals surface area contributed by atoms with Crippen LogP contribution >= 0.6 is 23.2 Å². The molecule has 4 fully saturated rings. The summed E-state index contributed by atoms with van der Waals surface area (Å²) in [6.45, 7) is 7.73. The van der Waals surface area contributed by atoms with Crippen molar-refractivity contribution in [3.63, 3.8) is 0 Å². The van der Waals surface area contributed by atoms with Crippen LogP contribution in [0.5, 0.6) is 34.5 Å². The number of aryl methyl sites for hydroxylation is 4. The van der Waals surface area contributed by atoms with Gasteiger partial charge in [-0.2, -0.15) is 20.6 Å². The standard InChI is InChI=1S/C24H20ClN3O2.C24H23N5O2.C23H18ClF3N2O3.C23H20F3N3O3.H2/c1-16-13-17(4-5-18(16)15-26)23(29)27-11-8-24(9-12-27)22-3-2-10-28(22)20-7-6-19(25)14-21(20)30-24;1-15-7-8-19-17(13-15)21(27-26-19)23(30)29-11-9-24(10-12-29)18-14-25-28(2)22(18)16-5-3-4-6-20(16)31-24;24-16-6-7-18-19(14-16)32-22(20-5-2-10-29(18)20)8-11-28(12-9-22)21(30)15-3-1-4-17(13-15)31-23(25,26)27;1-28-20-15-6-2-4-8-18(15)31-22(17(20)14-27-28)10-12-29(13-11-22)21(30)16-7-3-5-9-19(16)32-23(24,25)26;/h2-7,10,13-14H,8-9,11-12H2,1H3;3-8,13-14H,9-12H2,1-2H3,(H,26,27);1-7,10,13-14H,8-9,11-12H2;2-9,14H,10-13H2,1H3;1H. The maximum Gasteiger partial charge on any atom is 0.573 e. The lowest BCUT2D eigenvalue weighted by Gasteiger charge is -2.45. The highest BCUT2D eigenvalue weighted by atomic mass is 35.5. The molecule has 8 aliphatic heterocycles. The zero-order valence-corrected chi connectivity index (χ0v) is 69.6. The molecule has 125 heavy (non-hydrogen) atoms. The van der Waals surface area contributed by atoms with Gasteiger partial charge in [0.1, 0.15) is 45.7 Å². The van der Waals surface area contributed by atoms with E-state index >= 15 is 0 Å². The second-order valence-corrected chi connectivity index (χ2v) is 33.1. The molecular formula is C94H83Cl2F6N13O10. The van der Waals surface area contributed by atoms with E-state index in [1.807, 2.05) is 175 Å². The van der Waals surface area contributed by atoms with Crippen LogP contribution in [0.4, 0.5) is 26.3 Å². The number of carbonyl (C=O) groups is 4. The monoisotopic (exact) mass is 1740 g/mol. The Bertz CT molecular complexity index is 6440. The van der Waals surface area contributed by atoms with Crippen LogP contribution in [0.3, 0.4) is 0 Å². The minimum Gasteiger partial charge on any atom is -0.482 e. The lowest BCUT2D eigenvalue weighted by Crippen LogP contribution is -2.50. The summed E-state index contributed by atoms with van der Waals surface area (Å²) in [5.41, 5.74) is 12.6. The molecule has 0 unspecified atom stereocenters. The number of fused-ring (bicyclic) bond motifs is 17. The van der Waals surface area contributed by atoms with Crippen LogP contribution < -0.4 is 28.4 Å². The van der Waals surface area contributed by atoms with Gasteiger partial charge in [0.05, 0.1) is 69.3 Å². The number of ether oxygens (including phenoxy) is 6. The van der Waals surface area contributed by atoms with Gasteiger partial charge in [0.25, 0.3) is 23.6 Å². The van der Waals surface area contributed by atoms with Gasteiger partial charge in [-0.3, -0.25) is 33.6 Å². The number of para-hydroxylation sites is 3. The number of halogens is 8. The molecule has 5 aromatic heterocycles. The topological polar surface area (TPSA) is 235 Å². The van der Waals surface area contributed by atoms with Gasteiger partial charge in [0.2, 0.25) is 0 Å². The number of aromatic amines is 1. The van der Waals surface area contributed by atoms with Gasteiger partial charge in [-0.25, -0.2) is 0 Å². The van der Waals surface area contributed by atoms with E-state index in [1.54, 1.807) is 40.3 Å². The van der Waals surface area contributed by atoms with Crippen molar-refractivity contribution in [3.8, 4) is 74.5 Å². The van der Waals surface area contributed by atoms with E-state index in [2.05, 4.69) is 57.2 Å². The summed E-state index contributed by atoms with van der Waals surface area (Å²) in [6, 6.07) is 59.1. The number of benzene rings is 8. The molecule has 13 heterocycles. The number of aromatic nitrogens is 8. The summed E-state index contributed by atoms with van der Waals surface area (Å²) < 4.78 is 118. The third kappa shape index (κ3) is 15.6. The summed E-state index contributed by atoms with van der Waals surface area (Å²) >= 11 is 12.4. The van der Waals surface area contributed by atoms with Crippen LogP contribution in [0.15, 0.2) is 219 Å². The van der Waals surface area contributed by atoms with E-state index in [4.69, 9.17) is 47.4 Å². The van der Waals surface area contributed by atoms with Gasteiger partial charge < -0.3 is 57.2 Å². The molecular weight excluding hydrogens is 1660 g/mol. The first kappa shape index (κ1) is 82.5. The lowest BCUT2D eigenvalue weighted by atomic mass is 9.81. The molecule has 0 saturated carbocycles. The number of nitriles is 1. The normalized spacial score (nSPS) is 16.7. The van der Waals surface area contributed by atoms with Crippen LogP contribution in [0.25, 0.3) is 44.8 Å². The molecule has 8 aliphatic rings. The first-order chi connectivity index (χ1) is 60.1. The highest BCUT2D eigenvalue weighted by Gasteiger charge is 2.51. The van der Waals surface area contributed by atoms with Crippen LogP contribution in [-0.2, 0) is 36.5 Å². The van der Waals surface area contributed by atoms with E-state index in [9.17, 15) is 45.5 Å². The summed E-state index contributed by atoms with van der Waals surface area (Å²) in [4.78, 5) is 59.3. The first-order valence-electron chi connectivity index (χ1n) is 40.9. The van der Waals surface area contributed by atoms with E-state index in [0.29, 0.717) is 136 Å². The number of likely N-dealkylation sites (tertiary alicyclic amines) is 4. The number of amides is 4. The molecule has 4 saturated heterocycles. The van der Waals surface area contributed by atoms with Crippen molar-refractivity contribution in [2.45, 2.75) is 100 Å². The molecule has 1 N–H and O–H groups in total. The molecule has 13 aromatic rings. The third-order valence-corrected chi connectivity index (χ3v) is 25.2. The van der Waals surface area contributed by atoms with E-state index in [1.165, 1.54) is 36.4 Å². The molecule has 8 aromatic carbocycles. The quantitative estimate of drug-likeness (QED) is 0.153. The third-order valence-electron chi connectivity index (χ3n) is 24.8. The maximum absolute atomic E-state index is 13.3. The predicted molar refractivity (Wildman–Crippen MR) is 454 cm³/mol. The molecule has 0 aliphatic carbocycles. The average molecular weight is 1740 g/mol. The number of alkyl halides is 6. The predicted octanol–water partition coefficient (Wildman–Crippen LogP) is 18.9. The van der Waals surface area contributed by atoms with Gasteiger partial charge in [0, 0.05) is 193 Å². The minimum absolute atomic E-state index is 0. The molecule has 4 amide bonds. The van der Waals surface area contributed by atoms with Gasteiger partial charge in [-0.1, -0.05) is 77.3 Å². The SMILES string of the molecule is Cc1cc(C(=O)N2CCC3(CC2)Oc2cc(Cl)ccc2-n2cccc23)ccc1C#N.Cc1ccc2[nH]nc(C(=O)N3CCC4(CC3)Oc3ccccc3-c3c4cnn3C)c2c1.Cn1ncc2c1-c1ccccc1OC21CCN(C(=O)c2ccccc2OC(F)(F)F)CC1.O=C(c1cccc(OC(F)(F)F)c1)N1CCC2(CC1)Oc1cc(Cl)ccc1-n1cccc12.[HH]. The Labute approximate surface area is 724 Å². The molecule has 0 atom stereocenters. The highest BCUT2D eigenvalue weighted by molar-refractivity contribution is 6.31. The number of hydrogen-bond acceptors (Lipinski definition) is 14. The summed E-state index contributed by atoms with van der Waals surface area (Å²) in [5, 5.41) is 27.5. The minimum atomic E-state index is -4.87. The Kier molecular flexibility index (Phi) is 21.3. The Balaban J connectivity index is 0.000000118.